The van der Waals surface area contributed by atoms with E-state index >= 15 is 0 Å². The lowest BCUT2D eigenvalue weighted by molar-refractivity contribution is -0.127. The molecule has 18 heavy (non-hydrogen) atoms. The van der Waals surface area contributed by atoms with Crippen molar-refractivity contribution in [1.29, 1.82) is 0 Å². The molecule has 3 unspecified atom stereocenters. The first-order valence-corrected chi connectivity index (χ1v) is 7.43. The number of likely N-dealkylation sites (N-methyl/N-ethyl adjacent to an activating group) is 1. The third kappa shape index (κ3) is 3.04. The molecule has 0 aromatic rings. The highest BCUT2D eigenvalue weighted by Gasteiger charge is 2.34. The minimum atomic E-state index is 0.0599. The number of carbonyl (C=O) groups excluding carboxylic acids is 1. The topological polar surface area (TPSA) is 58.4 Å². The molecule has 0 bridgehead atoms. The van der Waals surface area contributed by atoms with Gasteiger partial charge >= 0.3 is 0 Å². The second kappa shape index (κ2) is 6.53. The Morgan fingerprint density at radius 3 is 2.72 bits per heavy atom. The maximum absolute atomic E-state index is 12.1. The molecule has 1 saturated carbocycles. The monoisotopic (exact) mass is 253 g/mol. The second-order valence-corrected chi connectivity index (χ2v) is 5.82. The van der Waals surface area contributed by atoms with Gasteiger partial charge in [-0.1, -0.05) is 12.8 Å². The highest BCUT2D eigenvalue weighted by Crippen LogP contribution is 2.29. The van der Waals surface area contributed by atoms with Crippen LogP contribution in [0.1, 0.15) is 44.9 Å². The standard InChI is InChI=1S/C14H27N3O/c1-17(12-7-3-2-6-11(12)10-15)13-8-4-5-9-16-14(13)18/h11-13H,2-10,15H2,1H3,(H,16,18). The Morgan fingerprint density at radius 2 is 1.94 bits per heavy atom. The predicted molar refractivity (Wildman–Crippen MR) is 73.2 cm³/mol. The van der Waals surface area contributed by atoms with Gasteiger partial charge in [0.2, 0.25) is 5.91 Å². The average Bonchev–Trinajstić information content (AvgIpc) is 2.62. The summed E-state index contributed by atoms with van der Waals surface area (Å²) in [5.74, 6) is 0.788. The van der Waals surface area contributed by atoms with Gasteiger partial charge in [-0.2, -0.15) is 0 Å². The van der Waals surface area contributed by atoms with Gasteiger partial charge in [0.15, 0.2) is 0 Å². The lowest BCUT2D eigenvalue weighted by atomic mass is 9.83. The van der Waals surface area contributed by atoms with Gasteiger partial charge in [-0.05, 0) is 51.6 Å². The number of nitrogens with two attached hydrogens (primary N) is 1. The zero-order valence-electron chi connectivity index (χ0n) is 11.5. The summed E-state index contributed by atoms with van der Waals surface area (Å²) in [4.78, 5) is 14.4. The molecule has 2 fully saturated rings. The van der Waals surface area contributed by atoms with Gasteiger partial charge in [-0.3, -0.25) is 9.69 Å². The average molecular weight is 253 g/mol. The van der Waals surface area contributed by atoms with Gasteiger partial charge in [0.1, 0.15) is 0 Å². The first-order valence-electron chi connectivity index (χ1n) is 7.43. The van der Waals surface area contributed by atoms with E-state index in [1.165, 1.54) is 25.7 Å². The van der Waals surface area contributed by atoms with E-state index in [4.69, 9.17) is 5.73 Å². The summed E-state index contributed by atoms with van der Waals surface area (Å²) in [5.41, 5.74) is 5.90. The summed E-state index contributed by atoms with van der Waals surface area (Å²) in [6, 6.07) is 0.558. The number of amides is 1. The van der Waals surface area contributed by atoms with Crippen LogP contribution in [0.3, 0.4) is 0 Å². The van der Waals surface area contributed by atoms with Crippen LogP contribution in [0, 0.1) is 5.92 Å². The van der Waals surface area contributed by atoms with Crippen molar-refractivity contribution in [3.8, 4) is 0 Å². The lowest BCUT2D eigenvalue weighted by Gasteiger charge is -2.40. The Labute approximate surface area is 110 Å². The van der Waals surface area contributed by atoms with Crippen LogP contribution in [-0.4, -0.2) is 43.0 Å². The quantitative estimate of drug-likeness (QED) is 0.792. The molecule has 4 heteroatoms. The molecule has 1 heterocycles. The molecule has 1 aliphatic carbocycles. The molecule has 4 nitrogen and oxygen atoms in total. The largest absolute Gasteiger partial charge is 0.355 e. The summed E-state index contributed by atoms with van der Waals surface area (Å²) in [7, 11) is 2.12. The third-order valence-corrected chi connectivity index (χ3v) is 4.69. The fourth-order valence-corrected chi connectivity index (χ4v) is 3.54. The summed E-state index contributed by atoms with van der Waals surface area (Å²) in [5, 5.41) is 3.04. The number of nitrogens with zero attached hydrogens (tertiary/aromatic N) is 1. The first kappa shape index (κ1) is 13.8. The van der Waals surface area contributed by atoms with E-state index in [0.717, 1.165) is 32.4 Å². The Morgan fingerprint density at radius 1 is 1.22 bits per heavy atom. The zero-order valence-corrected chi connectivity index (χ0v) is 11.5. The summed E-state index contributed by atoms with van der Waals surface area (Å²) < 4.78 is 0. The number of rotatable bonds is 3. The Kier molecular flexibility index (Phi) is 5.01. The molecule has 3 atom stereocenters. The number of nitrogens with one attached hydrogen (secondary N) is 1. The molecule has 0 aromatic heterocycles. The van der Waals surface area contributed by atoms with Crippen molar-refractivity contribution in [1.82, 2.24) is 10.2 Å². The maximum atomic E-state index is 12.1. The van der Waals surface area contributed by atoms with Gasteiger partial charge in [-0.15, -0.1) is 0 Å². The third-order valence-electron chi connectivity index (χ3n) is 4.69. The fraction of sp³-hybridized carbons (Fsp3) is 0.929. The molecule has 0 radical (unpaired) electrons. The van der Waals surface area contributed by atoms with Crippen molar-refractivity contribution in [2.24, 2.45) is 11.7 Å². The SMILES string of the molecule is CN(C1CCCCNC1=O)C1CCCCC1CN. The minimum Gasteiger partial charge on any atom is -0.355 e. The molecule has 0 aromatic carbocycles. The van der Waals surface area contributed by atoms with Crippen LogP contribution in [0.5, 0.6) is 0 Å². The highest BCUT2D eigenvalue weighted by atomic mass is 16.2. The van der Waals surface area contributed by atoms with E-state index in [-0.39, 0.29) is 11.9 Å². The molecular weight excluding hydrogens is 226 g/mol. The van der Waals surface area contributed by atoms with Crippen molar-refractivity contribution >= 4 is 5.91 Å². The molecule has 2 aliphatic rings. The van der Waals surface area contributed by atoms with Crippen LogP contribution in [0.4, 0.5) is 0 Å². The Balaban J connectivity index is 2.03. The molecule has 0 spiro atoms. The van der Waals surface area contributed by atoms with Crippen LogP contribution >= 0.6 is 0 Å². The van der Waals surface area contributed by atoms with Gasteiger partial charge in [0.05, 0.1) is 6.04 Å². The molecule has 104 valence electrons. The number of hydrogen-bond acceptors (Lipinski definition) is 3. The summed E-state index contributed by atoms with van der Waals surface area (Å²) >= 11 is 0. The molecule has 1 saturated heterocycles. The molecule has 3 N–H and O–H groups in total. The molecule has 1 aliphatic heterocycles. The minimum absolute atomic E-state index is 0.0599. The van der Waals surface area contributed by atoms with E-state index in [1.807, 2.05) is 0 Å². The van der Waals surface area contributed by atoms with Crippen LogP contribution in [0.15, 0.2) is 0 Å². The van der Waals surface area contributed by atoms with Crippen LogP contribution in [0.25, 0.3) is 0 Å². The van der Waals surface area contributed by atoms with Crippen molar-refractivity contribution in [2.75, 3.05) is 20.1 Å². The molecule has 1 amide bonds. The van der Waals surface area contributed by atoms with E-state index in [2.05, 4.69) is 17.3 Å². The van der Waals surface area contributed by atoms with Crippen molar-refractivity contribution < 1.29 is 4.79 Å². The fourth-order valence-electron chi connectivity index (χ4n) is 3.54. The lowest BCUT2D eigenvalue weighted by Crippen LogP contribution is -2.52. The Bertz CT molecular complexity index is 282. The van der Waals surface area contributed by atoms with Crippen molar-refractivity contribution in [2.45, 2.75) is 57.0 Å². The molecule has 2 rings (SSSR count). The Hall–Kier alpha value is -0.610. The summed E-state index contributed by atoms with van der Waals surface area (Å²) in [6.07, 6.45) is 8.25. The van der Waals surface area contributed by atoms with Gasteiger partial charge in [-0.25, -0.2) is 0 Å². The normalized spacial score (nSPS) is 34.2. The van der Waals surface area contributed by atoms with Crippen molar-refractivity contribution in [3.63, 3.8) is 0 Å². The van der Waals surface area contributed by atoms with Crippen LogP contribution in [-0.2, 0) is 4.79 Å². The van der Waals surface area contributed by atoms with E-state index in [1.54, 1.807) is 0 Å². The number of hydrogen-bond donors (Lipinski definition) is 2. The van der Waals surface area contributed by atoms with E-state index < -0.39 is 0 Å². The van der Waals surface area contributed by atoms with Crippen molar-refractivity contribution in [3.05, 3.63) is 0 Å². The van der Waals surface area contributed by atoms with Crippen LogP contribution < -0.4 is 11.1 Å². The first-order chi connectivity index (χ1) is 8.74. The number of carbonyl (C=O) groups is 1. The maximum Gasteiger partial charge on any atom is 0.237 e. The smallest absolute Gasteiger partial charge is 0.237 e. The van der Waals surface area contributed by atoms with Gasteiger partial charge in [0.25, 0.3) is 0 Å². The van der Waals surface area contributed by atoms with Gasteiger partial charge < -0.3 is 11.1 Å². The van der Waals surface area contributed by atoms with Gasteiger partial charge in [0, 0.05) is 12.6 Å². The predicted octanol–water partition coefficient (Wildman–Crippen LogP) is 1.10. The zero-order chi connectivity index (χ0) is 13.0. The van der Waals surface area contributed by atoms with Crippen LogP contribution in [0.2, 0.25) is 0 Å². The van der Waals surface area contributed by atoms with E-state index in [9.17, 15) is 4.79 Å². The summed E-state index contributed by atoms with van der Waals surface area (Å²) in [6.45, 7) is 1.59. The second-order valence-electron chi connectivity index (χ2n) is 5.82. The highest BCUT2D eigenvalue weighted by molar-refractivity contribution is 5.81. The van der Waals surface area contributed by atoms with E-state index in [0.29, 0.717) is 12.0 Å². The molecular formula is C14H27N3O.